The Morgan fingerprint density at radius 2 is 2.07 bits per heavy atom. The van der Waals surface area contributed by atoms with Crippen LogP contribution in [0.2, 0.25) is 0 Å². The van der Waals surface area contributed by atoms with Crippen molar-refractivity contribution in [1.29, 1.82) is 0 Å². The molecule has 1 amide bonds. The standard InChI is InChI=1S/C8H12N4O2S/c9-12-5-10-7(14)6(13)8(12)11-1-3-15-4-2-11/h5,8H,1-4,9H2. The fourth-order valence-electron chi connectivity index (χ4n) is 1.67. The smallest absolute Gasteiger partial charge is 0.285 e. The van der Waals surface area contributed by atoms with Crippen LogP contribution in [0.25, 0.3) is 0 Å². The third-order valence-corrected chi connectivity index (χ3v) is 3.37. The van der Waals surface area contributed by atoms with Crippen molar-refractivity contribution in [3.8, 4) is 0 Å². The van der Waals surface area contributed by atoms with Gasteiger partial charge in [-0.25, -0.2) is 5.84 Å². The molecule has 2 heterocycles. The lowest BCUT2D eigenvalue weighted by atomic mass is 10.2. The van der Waals surface area contributed by atoms with Crippen LogP contribution in [0.1, 0.15) is 0 Å². The van der Waals surface area contributed by atoms with Crippen LogP contribution in [-0.4, -0.2) is 58.7 Å². The molecule has 0 spiro atoms. The number of nitrogens with zero attached hydrogens (tertiary/aromatic N) is 3. The Bertz CT molecular complexity index is 314. The predicted octanol–water partition coefficient (Wildman–Crippen LogP) is -1.33. The van der Waals surface area contributed by atoms with E-state index in [2.05, 4.69) is 4.99 Å². The Kier molecular flexibility index (Phi) is 3.03. The molecular formula is C8H12N4O2S. The zero-order chi connectivity index (χ0) is 10.8. The van der Waals surface area contributed by atoms with E-state index in [0.717, 1.165) is 24.6 Å². The van der Waals surface area contributed by atoms with Crippen molar-refractivity contribution in [2.45, 2.75) is 6.17 Å². The number of hydrazine groups is 1. The van der Waals surface area contributed by atoms with Gasteiger partial charge < -0.3 is 0 Å². The van der Waals surface area contributed by atoms with E-state index in [1.165, 1.54) is 11.3 Å². The number of thioether (sulfide) groups is 1. The first-order valence-corrected chi connectivity index (χ1v) is 5.83. The summed E-state index contributed by atoms with van der Waals surface area (Å²) >= 11 is 1.84. The number of ketones is 1. The Morgan fingerprint density at radius 3 is 2.73 bits per heavy atom. The fourth-order valence-corrected chi connectivity index (χ4v) is 2.60. The van der Waals surface area contributed by atoms with Crippen LogP contribution in [0.4, 0.5) is 0 Å². The van der Waals surface area contributed by atoms with Crippen LogP contribution in [0.3, 0.4) is 0 Å². The number of Topliss-reactive ketones (excluding diaryl/α,β-unsaturated/α-hetero) is 1. The van der Waals surface area contributed by atoms with Crippen molar-refractivity contribution in [2.75, 3.05) is 24.6 Å². The molecule has 0 aromatic heterocycles. The van der Waals surface area contributed by atoms with Crippen LogP contribution < -0.4 is 5.84 Å². The number of aliphatic imine (C=N–C) groups is 1. The molecule has 2 N–H and O–H groups in total. The highest BCUT2D eigenvalue weighted by Gasteiger charge is 2.36. The van der Waals surface area contributed by atoms with Gasteiger partial charge in [0.1, 0.15) is 6.34 Å². The maximum atomic E-state index is 11.6. The Morgan fingerprint density at radius 1 is 1.40 bits per heavy atom. The number of amides is 1. The van der Waals surface area contributed by atoms with Crippen molar-refractivity contribution in [3.05, 3.63) is 0 Å². The van der Waals surface area contributed by atoms with Gasteiger partial charge >= 0.3 is 5.91 Å². The normalized spacial score (nSPS) is 28.6. The van der Waals surface area contributed by atoms with Gasteiger partial charge in [0.15, 0.2) is 6.17 Å². The van der Waals surface area contributed by atoms with E-state index >= 15 is 0 Å². The molecule has 2 aliphatic heterocycles. The molecule has 0 radical (unpaired) electrons. The molecule has 7 heteroatoms. The summed E-state index contributed by atoms with van der Waals surface area (Å²) in [6.45, 7) is 1.55. The summed E-state index contributed by atoms with van der Waals surface area (Å²) in [5, 5.41) is 1.21. The maximum absolute atomic E-state index is 11.6. The molecule has 0 aromatic carbocycles. The van der Waals surface area contributed by atoms with Crippen LogP contribution in [0.5, 0.6) is 0 Å². The number of nitrogens with two attached hydrogens (primary N) is 1. The molecular weight excluding hydrogens is 216 g/mol. The summed E-state index contributed by atoms with van der Waals surface area (Å²) in [4.78, 5) is 28.0. The monoisotopic (exact) mass is 228 g/mol. The lowest BCUT2D eigenvalue weighted by Crippen LogP contribution is -2.60. The van der Waals surface area contributed by atoms with E-state index < -0.39 is 17.9 Å². The predicted molar refractivity (Wildman–Crippen MR) is 57.2 cm³/mol. The number of carbonyl (C=O) groups is 2. The van der Waals surface area contributed by atoms with Crippen molar-refractivity contribution in [2.24, 2.45) is 10.8 Å². The van der Waals surface area contributed by atoms with E-state index in [1.807, 2.05) is 16.7 Å². The minimum Gasteiger partial charge on any atom is -0.285 e. The molecule has 2 rings (SSSR count). The highest BCUT2D eigenvalue weighted by molar-refractivity contribution is 7.99. The lowest BCUT2D eigenvalue weighted by Gasteiger charge is -2.37. The summed E-state index contributed by atoms with van der Waals surface area (Å²) < 4.78 is 0. The quantitative estimate of drug-likeness (QED) is 0.443. The van der Waals surface area contributed by atoms with Gasteiger partial charge in [0, 0.05) is 24.6 Å². The van der Waals surface area contributed by atoms with Crippen molar-refractivity contribution in [3.63, 3.8) is 0 Å². The molecule has 0 aliphatic carbocycles. The molecule has 15 heavy (non-hydrogen) atoms. The van der Waals surface area contributed by atoms with Gasteiger partial charge in [-0.1, -0.05) is 0 Å². The van der Waals surface area contributed by atoms with Gasteiger partial charge in [0.05, 0.1) is 0 Å². The van der Waals surface area contributed by atoms with Gasteiger partial charge in [-0.15, -0.1) is 0 Å². The molecule has 0 saturated carbocycles. The number of hydrogen-bond acceptors (Lipinski definition) is 6. The zero-order valence-electron chi connectivity index (χ0n) is 8.13. The van der Waals surface area contributed by atoms with Crippen molar-refractivity contribution >= 4 is 29.8 Å². The van der Waals surface area contributed by atoms with E-state index in [0.29, 0.717) is 0 Å². The number of hydrogen-bond donors (Lipinski definition) is 1. The van der Waals surface area contributed by atoms with Gasteiger partial charge in [0.25, 0.3) is 5.78 Å². The van der Waals surface area contributed by atoms with Gasteiger partial charge in [-0.2, -0.15) is 16.8 Å². The lowest BCUT2D eigenvalue weighted by molar-refractivity contribution is -0.143. The van der Waals surface area contributed by atoms with E-state index in [4.69, 9.17) is 5.84 Å². The largest absolute Gasteiger partial charge is 0.318 e. The van der Waals surface area contributed by atoms with Crippen LogP contribution in [0.15, 0.2) is 4.99 Å². The first-order chi connectivity index (χ1) is 7.20. The molecule has 2 aliphatic rings. The van der Waals surface area contributed by atoms with Crippen molar-refractivity contribution in [1.82, 2.24) is 9.91 Å². The highest BCUT2D eigenvalue weighted by Crippen LogP contribution is 2.15. The van der Waals surface area contributed by atoms with E-state index in [9.17, 15) is 9.59 Å². The highest BCUT2D eigenvalue weighted by atomic mass is 32.2. The third-order valence-electron chi connectivity index (χ3n) is 2.43. The Balaban J connectivity index is 2.15. The second kappa shape index (κ2) is 4.30. The summed E-state index contributed by atoms with van der Waals surface area (Å²) in [6, 6.07) is 0. The van der Waals surface area contributed by atoms with Crippen LogP contribution >= 0.6 is 11.8 Å². The number of carbonyl (C=O) groups excluding carboxylic acids is 2. The first kappa shape index (κ1) is 10.6. The summed E-state index contributed by atoms with van der Waals surface area (Å²) in [5.74, 6) is 6.30. The summed E-state index contributed by atoms with van der Waals surface area (Å²) in [5.41, 5.74) is 0. The molecule has 6 nitrogen and oxygen atoms in total. The average Bonchev–Trinajstić information content (AvgIpc) is 2.26. The van der Waals surface area contributed by atoms with Gasteiger partial charge in [0.2, 0.25) is 0 Å². The van der Waals surface area contributed by atoms with Crippen molar-refractivity contribution < 1.29 is 9.59 Å². The minimum absolute atomic E-state index is 0.535. The summed E-state index contributed by atoms with van der Waals surface area (Å²) in [7, 11) is 0. The second-order valence-corrected chi connectivity index (χ2v) is 4.61. The third kappa shape index (κ3) is 2.04. The first-order valence-electron chi connectivity index (χ1n) is 4.67. The average molecular weight is 228 g/mol. The molecule has 1 saturated heterocycles. The van der Waals surface area contributed by atoms with E-state index in [-0.39, 0.29) is 0 Å². The zero-order valence-corrected chi connectivity index (χ0v) is 8.94. The van der Waals surface area contributed by atoms with Gasteiger partial charge in [-0.3, -0.25) is 19.5 Å². The SMILES string of the molecule is NN1C=NC(=O)C(=O)C1N1CCSCC1. The van der Waals surface area contributed by atoms with Gasteiger partial charge in [-0.05, 0) is 0 Å². The second-order valence-electron chi connectivity index (χ2n) is 3.38. The van der Waals surface area contributed by atoms with E-state index in [1.54, 1.807) is 0 Å². The minimum atomic E-state index is -0.708. The molecule has 1 atom stereocenters. The Hall–Kier alpha value is -0.920. The topological polar surface area (TPSA) is 79.0 Å². The van der Waals surface area contributed by atoms with Crippen LogP contribution in [0, 0.1) is 0 Å². The van der Waals surface area contributed by atoms with Crippen LogP contribution in [-0.2, 0) is 9.59 Å². The molecule has 1 unspecified atom stereocenters. The fraction of sp³-hybridized carbons (Fsp3) is 0.625. The Labute approximate surface area is 91.5 Å². The molecule has 0 aromatic rings. The maximum Gasteiger partial charge on any atom is 0.318 e. The number of rotatable bonds is 1. The molecule has 82 valence electrons. The molecule has 0 bridgehead atoms. The molecule has 1 fully saturated rings. The summed E-state index contributed by atoms with van der Waals surface area (Å²) in [6.07, 6.45) is 0.562.